The zero-order valence-electron chi connectivity index (χ0n) is 13.6. The van der Waals surface area contributed by atoms with Crippen LogP contribution < -0.4 is 11.1 Å². The second kappa shape index (κ2) is 7.32. The quantitative estimate of drug-likeness (QED) is 0.861. The first-order valence-corrected chi connectivity index (χ1v) is 8.25. The molecule has 2 amide bonds. The van der Waals surface area contributed by atoms with Crippen molar-refractivity contribution in [3.05, 3.63) is 34.9 Å². The number of carbonyl (C=O) groups is 2. The lowest BCUT2D eigenvalue weighted by atomic mass is 9.94. The average molecular weight is 338 g/mol. The molecule has 0 unspecified atom stereocenters. The van der Waals surface area contributed by atoms with E-state index in [4.69, 9.17) is 17.3 Å². The molecule has 1 aliphatic heterocycles. The molecule has 0 bridgehead atoms. The van der Waals surface area contributed by atoms with Crippen molar-refractivity contribution in [2.75, 3.05) is 19.6 Å². The summed E-state index contributed by atoms with van der Waals surface area (Å²) in [6, 6.07) is 7.57. The Bertz CT molecular complexity index is 572. The SMILES string of the molecule is CC(C)(NCC(=O)N1CCC[C@H](C(N)=O)C1)c1ccc(Cl)cc1. The summed E-state index contributed by atoms with van der Waals surface area (Å²) >= 11 is 5.91. The van der Waals surface area contributed by atoms with Gasteiger partial charge in [0.15, 0.2) is 0 Å². The van der Waals surface area contributed by atoms with Gasteiger partial charge in [-0.15, -0.1) is 0 Å². The molecule has 3 N–H and O–H groups in total. The van der Waals surface area contributed by atoms with Gasteiger partial charge >= 0.3 is 0 Å². The van der Waals surface area contributed by atoms with Crippen molar-refractivity contribution in [3.8, 4) is 0 Å². The molecule has 1 aliphatic rings. The van der Waals surface area contributed by atoms with Crippen LogP contribution in [-0.2, 0) is 15.1 Å². The van der Waals surface area contributed by atoms with Crippen molar-refractivity contribution < 1.29 is 9.59 Å². The van der Waals surface area contributed by atoms with Crippen LogP contribution in [-0.4, -0.2) is 36.3 Å². The number of hydrogen-bond donors (Lipinski definition) is 2. The van der Waals surface area contributed by atoms with Crippen LogP contribution in [0.15, 0.2) is 24.3 Å². The predicted octanol–water partition coefficient (Wildman–Crippen LogP) is 1.89. The van der Waals surface area contributed by atoms with Gasteiger partial charge in [0.1, 0.15) is 0 Å². The lowest BCUT2D eigenvalue weighted by Crippen LogP contribution is -2.49. The number of likely N-dealkylation sites (tertiary alicyclic amines) is 1. The predicted molar refractivity (Wildman–Crippen MR) is 91.0 cm³/mol. The van der Waals surface area contributed by atoms with Crippen LogP contribution in [0.1, 0.15) is 32.3 Å². The number of primary amides is 1. The topological polar surface area (TPSA) is 75.4 Å². The van der Waals surface area contributed by atoms with E-state index < -0.39 is 0 Å². The minimum Gasteiger partial charge on any atom is -0.369 e. The van der Waals surface area contributed by atoms with Crippen LogP contribution in [0.2, 0.25) is 5.02 Å². The van der Waals surface area contributed by atoms with Gasteiger partial charge in [0, 0.05) is 23.7 Å². The molecule has 1 atom stereocenters. The van der Waals surface area contributed by atoms with E-state index in [1.165, 1.54) is 0 Å². The van der Waals surface area contributed by atoms with E-state index in [0.717, 1.165) is 18.4 Å². The molecule has 1 aromatic carbocycles. The van der Waals surface area contributed by atoms with E-state index in [1.807, 2.05) is 38.1 Å². The van der Waals surface area contributed by atoms with E-state index >= 15 is 0 Å². The summed E-state index contributed by atoms with van der Waals surface area (Å²) in [5, 5.41) is 3.97. The Kier molecular flexibility index (Phi) is 5.65. The zero-order valence-corrected chi connectivity index (χ0v) is 14.4. The number of benzene rings is 1. The molecule has 0 aliphatic carbocycles. The summed E-state index contributed by atoms with van der Waals surface area (Å²) in [6.07, 6.45) is 1.59. The molecule has 2 rings (SSSR count). The molecule has 0 aromatic heterocycles. The number of amides is 2. The molecule has 1 saturated heterocycles. The van der Waals surface area contributed by atoms with Crippen molar-refractivity contribution in [2.45, 2.75) is 32.2 Å². The fourth-order valence-corrected chi connectivity index (χ4v) is 2.94. The zero-order chi connectivity index (χ0) is 17.0. The molecule has 1 heterocycles. The van der Waals surface area contributed by atoms with Gasteiger partial charge in [0.2, 0.25) is 11.8 Å². The molecule has 0 radical (unpaired) electrons. The molecule has 126 valence electrons. The molecule has 0 saturated carbocycles. The number of carbonyl (C=O) groups excluding carboxylic acids is 2. The average Bonchev–Trinajstić information content (AvgIpc) is 2.53. The van der Waals surface area contributed by atoms with Gasteiger partial charge in [-0.2, -0.15) is 0 Å². The summed E-state index contributed by atoms with van der Waals surface area (Å²) in [6.45, 7) is 5.38. The van der Waals surface area contributed by atoms with Gasteiger partial charge in [-0.3, -0.25) is 14.9 Å². The van der Waals surface area contributed by atoms with Crippen LogP contribution >= 0.6 is 11.6 Å². The van der Waals surface area contributed by atoms with E-state index in [9.17, 15) is 9.59 Å². The fourth-order valence-electron chi connectivity index (χ4n) is 2.81. The Hall–Kier alpha value is -1.59. The number of rotatable bonds is 5. The molecule has 23 heavy (non-hydrogen) atoms. The molecule has 1 fully saturated rings. The number of hydrogen-bond acceptors (Lipinski definition) is 3. The van der Waals surface area contributed by atoms with Crippen molar-refractivity contribution in [2.24, 2.45) is 11.7 Å². The van der Waals surface area contributed by atoms with Crippen molar-refractivity contribution in [1.29, 1.82) is 0 Å². The van der Waals surface area contributed by atoms with E-state index in [1.54, 1.807) is 4.90 Å². The first-order valence-electron chi connectivity index (χ1n) is 7.88. The van der Waals surface area contributed by atoms with Gasteiger partial charge in [-0.1, -0.05) is 23.7 Å². The van der Waals surface area contributed by atoms with Gasteiger partial charge < -0.3 is 10.6 Å². The maximum atomic E-state index is 12.4. The minimum absolute atomic E-state index is 0.00186. The van der Waals surface area contributed by atoms with Gasteiger partial charge in [0.05, 0.1) is 12.5 Å². The second-order valence-corrected chi connectivity index (χ2v) is 7.00. The highest BCUT2D eigenvalue weighted by Crippen LogP contribution is 2.22. The Morgan fingerprint density at radius 3 is 2.61 bits per heavy atom. The highest BCUT2D eigenvalue weighted by molar-refractivity contribution is 6.30. The molecule has 0 spiro atoms. The highest BCUT2D eigenvalue weighted by Gasteiger charge is 2.28. The Balaban J connectivity index is 1.92. The van der Waals surface area contributed by atoms with E-state index in [-0.39, 0.29) is 29.8 Å². The van der Waals surface area contributed by atoms with Crippen LogP contribution in [0.3, 0.4) is 0 Å². The summed E-state index contributed by atoms with van der Waals surface area (Å²) in [4.78, 5) is 25.4. The van der Waals surface area contributed by atoms with Crippen LogP contribution in [0.5, 0.6) is 0 Å². The lowest BCUT2D eigenvalue weighted by Gasteiger charge is -2.33. The monoisotopic (exact) mass is 337 g/mol. The molecular weight excluding hydrogens is 314 g/mol. The molecule has 5 nitrogen and oxygen atoms in total. The molecule has 6 heteroatoms. The standard InChI is InChI=1S/C17H24ClN3O2/c1-17(2,13-5-7-14(18)8-6-13)20-10-15(22)21-9-3-4-12(11-21)16(19)23/h5-8,12,20H,3-4,9-11H2,1-2H3,(H2,19,23)/t12-/m0/s1. The number of nitrogens with two attached hydrogens (primary N) is 1. The third kappa shape index (κ3) is 4.69. The van der Waals surface area contributed by atoms with Crippen molar-refractivity contribution in [1.82, 2.24) is 10.2 Å². The number of nitrogens with zero attached hydrogens (tertiary/aromatic N) is 1. The number of nitrogens with one attached hydrogen (secondary N) is 1. The maximum absolute atomic E-state index is 12.4. The summed E-state index contributed by atoms with van der Waals surface area (Å²) < 4.78 is 0. The van der Waals surface area contributed by atoms with Crippen LogP contribution in [0.4, 0.5) is 0 Å². The van der Waals surface area contributed by atoms with E-state index in [0.29, 0.717) is 18.1 Å². The van der Waals surface area contributed by atoms with Gasteiger partial charge in [0.25, 0.3) is 0 Å². The lowest BCUT2D eigenvalue weighted by molar-refractivity contribution is -0.134. The third-order valence-corrected chi connectivity index (χ3v) is 4.68. The normalized spacial score (nSPS) is 18.7. The first kappa shape index (κ1) is 17.8. The fraction of sp³-hybridized carbons (Fsp3) is 0.529. The van der Waals surface area contributed by atoms with Gasteiger partial charge in [-0.25, -0.2) is 0 Å². The Labute approximate surface area is 142 Å². The summed E-state index contributed by atoms with van der Waals surface area (Å²) in [5.74, 6) is -0.549. The van der Waals surface area contributed by atoms with Crippen LogP contribution in [0.25, 0.3) is 0 Å². The van der Waals surface area contributed by atoms with Crippen molar-refractivity contribution >= 4 is 23.4 Å². The minimum atomic E-state index is -0.348. The number of halogens is 1. The summed E-state index contributed by atoms with van der Waals surface area (Å²) in [5.41, 5.74) is 6.07. The number of piperidine rings is 1. The molecule has 1 aromatic rings. The smallest absolute Gasteiger partial charge is 0.236 e. The first-order chi connectivity index (χ1) is 10.8. The largest absolute Gasteiger partial charge is 0.369 e. The molecular formula is C17H24ClN3O2. The van der Waals surface area contributed by atoms with Crippen LogP contribution in [0, 0.1) is 5.92 Å². The second-order valence-electron chi connectivity index (χ2n) is 6.57. The highest BCUT2D eigenvalue weighted by atomic mass is 35.5. The maximum Gasteiger partial charge on any atom is 0.236 e. The Morgan fingerprint density at radius 2 is 2.00 bits per heavy atom. The third-order valence-electron chi connectivity index (χ3n) is 4.42. The van der Waals surface area contributed by atoms with Crippen molar-refractivity contribution in [3.63, 3.8) is 0 Å². The van der Waals surface area contributed by atoms with Gasteiger partial charge in [-0.05, 0) is 44.4 Å². The van der Waals surface area contributed by atoms with E-state index in [2.05, 4.69) is 5.32 Å². The summed E-state index contributed by atoms with van der Waals surface area (Å²) in [7, 11) is 0. The Morgan fingerprint density at radius 1 is 1.35 bits per heavy atom.